The van der Waals surface area contributed by atoms with Crippen LogP contribution in [0, 0.1) is 10.1 Å². The number of aliphatic hydroxyl groups excluding tert-OH is 4. The Balaban J connectivity index is 2.20. The standard InChI is InChI=1S/C12H15NO8/c14-6-12(11(17)10(16)9(15)5-20-12)21-8-3-1-7(2-4-8)13(18)19/h1-4,9-11,14-17H,5-6H2/t9-,10-,11+,12+/m1/s1. The van der Waals surface area contributed by atoms with Crippen molar-refractivity contribution in [2.24, 2.45) is 0 Å². The van der Waals surface area contributed by atoms with E-state index < -0.39 is 35.6 Å². The summed E-state index contributed by atoms with van der Waals surface area (Å²) in [5.41, 5.74) is -0.152. The Hall–Kier alpha value is -1.78. The van der Waals surface area contributed by atoms with Crippen LogP contribution in [-0.2, 0) is 4.74 Å². The number of nitro benzene ring substituents is 1. The normalized spacial score (nSPS) is 32.7. The molecule has 9 nitrogen and oxygen atoms in total. The maximum atomic E-state index is 10.6. The van der Waals surface area contributed by atoms with Crippen LogP contribution >= 0.6 is 0 Å². The van der Waals surface area contributed by atoms with Gasteiger partial charge < -0.3 is 29.9 Å². The predicted molar refractivity (Wildman–Crippen MR) is 67.5 cm³/mol. The lowest BCUT2D eigenvalue weighted by molar-refractivity contribution is -0.384. The van der Waals surface area contributed by atoms with E-state index in [9.17, 15) is 30.5 Å². The van der Waals surface area contributed by atoms with Crippen molar-refractivity contribution in [3.63, 3.8) is 0 Å². The highest BCUT2D eigenvalue weighted by molar-refractivity contribution is 5.36. The highest BCUT2D eigenvalue weighted by atomic mass is 16.7. The van der Waals surface area contributed by atoms with E-state index in [1.165, 1.54) is 24.3 Å². The second kappa shape index (κ2) is 5.92. The average molecular weight is 301 g/mol. The third-order valence-electron chi connectivity index (χ3n) is 3.23. The van der Waals surface area contributed by atoms with Gasteiger partial charge in [-0.1, -0.05) is 0 Å². The third kappa shape index (κ3) is 2.96. The molecule has 0 radical (unpaired) electrons. The van der Waals surface area contributed by atoms with E-state index in [0.29, 0.717) is 0 Å². The molecular weight excluding hydrogens is 286 g/mol. The fourth-order valence-corrected chi connectivity index (χ4v) is 1.98. The van der Waals surface area contributed by atoms with Crippen LogP contribution in [0.3, 0.4) is 0 Å². The topological polar surface area (TPSA) is 143 Å². The molecule has 4 N–H and O–H groups in total. The molecule has 1 aliphatic rings. The van der Waals surface area contributed by atoms with Gasteiger partial charge in [0.2, 0.25) is 0 Å². The summed E-state index contributed by atoms with van der Waals surface area (Å²) in [4.78, 5) is 9.97. The summed E-state index contributed by atoms with van der Waals surface area (Å²) in [7, 11) is 0. The van der Waals surface area contributed by atoms with Crippen LogP contribution in [0.15, 0.2) is 24.3 Å². The van der Waals surface area contributed by atoms with Crippen molar-refractivity contribution in [1.29, 1.82) is 0 Å². The van der Waals surface area contributed by atoms with Gasteiger partial charge in [0.15, 0.2) is 0 Å². The summed E-state index contributed by atoms with van der Waals surface area (Å²) in [6.07, 6.45) is -4.55. The number of hydrogen-bond donors (Lipinski definition) is 4. The van der Waals surface area contributed by atoms with Crippen molar-refractivity contribution in [3.8, 4) is 5.75 Å². The van der Waals surface area contributed by atoms with E-state index >= 15 is 0 Å². The molecule has 0 amide bonds. The summed E-state index contributed by atoms with van der Waals surface area (Å²) in [5, 5.41) is 48.9. The molecule has 1 saturated heterocycles. The lowest BCUT2D eigenvalue weighted by Crippen LogP contribution is -2.65. The first-order valence-electron chi connectivity index (χ1n) is 6.12. The molecule has 2 rings (SSSR count). The molecule has 9 heteroatoms. The summed E-state index contributed by atoms with van der Waals surface area (Å²) in [5.74, 6) is -1.85. The van der Waals surface area contributed by atoms with Crippen LogP contribution in [0.25, 0.3) is 0 Å². The quantitative estimate of drug-likeness (QED) is 0.400. The molecule has 116 valence electrons. The Morgan fingerprint density at radius 3 is 2.48 bits per heavy atom. The van der Waals surface area contributed by atoms with Gasteiger partial charge in [-0.2, -0.15) is 0 Å². The van der Waals surface area contributed by atoms with Crippen LogP contribution in [0.1, 0.15) is 0 Å². The second-order valence-electron chi connectivity index (χ2n) is 4.64. The van der Waals surface area contributed by atoms with E-state index in [0.717, 1.165) is 0 Å². The molecule has 1 heterocycles. The summed E-state index contributed by atoms with van der Waals surface area (Å²) < 4.78 is 10.5. The minimum Gasteiger partial charge on any atom is -0.457 e. The highest BCUT2D eigenvalue weighted by Gasteiger charge is 2.51. The summed E-state index contributed by atoms with van der Waals surface area (Å²) in [6.45, 7) is -1.12. The zero-order chi connectivity index (χ0) is 15.6. The number of ether oxygens (including phenoxy) is 2. The first-order chi connectivity index (χ1) is 9.89. The van der Waals surface area contributed by atoms with Crippen LogP contribution < -0.4 is 4.74 Å². The summed E-state index contributed by atoms with van der Waals surface area (Å²) in [6, 6.07) is 4.90. The van der Waals surface area contributed by atoms with Crippen molar-refractivity contribution >= 4 is 5.69 Å². The maximum Gasteiger partial charge on any atom is 0.269 e. The maximum absolute atomic E-state index is 10.6. The van der Waals surface area contributed by atoms with Crippen LogP contribution in [0.4, 0.5) is 5.69 Å². The molecule has 0 spiro atoms. The predicted octanol–water partition coefficient (Wildman–Crippen LogP) is -1.22. The molecule has 0 bridgehead atoms. The fourth-order valence-electron chi connectivity index (χ4n) is 1.98. The first kappa shape index (κ1) is 15.6. The van der Waals surface area contributed by atoms with E-state index in [4.69, 9.17) is 9.47 Å². The smallest absolute Gasteiger partial charge is 0.269 e. The fraction of sp³-hybridized carbons (Fsp3) is 0.500. The molecule has 0 aliphatic carbocycles. The Labute approximate surface area is 119 Å². The monoisotopic (exact) mass is 301 g/mol. The molecule has 1 aromatic carbocycles. The SMILES string of the molecule is O=[N+]([O-])c1ccc(O[C@]2(CO)OC[C@@H](O)[C@@H](O)[C@@H]2O)cc1. The third-order valence-corrected chi connectivity index (χ3v) is 3.23. The minimum absolute atomic E-state index is 0.0947. The van der Waals surface area contributed by atoms with E-state index in [1.807, 2.05) is 0 Å². The first-order valence-corrected chi connectivity index (χ1v) is 6.12. The van der Waals surface area contributed by atoms with Gasteiger partial charge in [0.25, 0.3) is 11.5 Å². The van der Waals surface area contributed by atoms with Gasteiger partial charge >= 0.3 is 0 Å². The van der Waals surface area contributed by atoms with Crippen molar-refractivity contribution in [2.45, 2.75) is 24.1 Å². The Morgan fingerprint density at radius 2 is 1.95 bits per heavy atom. The van der Waals surface area contributed by atoms with Gasteiger partial charge in [-0.3, -0.25) is 10.1 Å². The van der Waals surface area contributed by atoms with Gasteiger partial charge in [-0.05, 0) is 12.1 Å². The largest absolute Gasteiger partial charge is 0.457 e. The molecule has 0 saturated carbocycles. The molecule has 1 aliphatic heterocycles. The number of nitrogens with zero attached hydrogens (tertiary/aromatic N) is 1. The number of rotatable bonds is 4. The molecule has 0 aromatic heterocycles. The van der Waals surface area contributed by atoms with Crippen molar-refractivity contribution < 1.29 is 34.8 Å². The molecule has 0 unspecified atom stereocenters. The van der Waals surface area contributed by atoms with Crippen molar-refractivity contribution in [1.82, 2.24) is 0 Å². The number of benzene rings is 1. The second-order valence-corrected chi connectivity index (χ2v) is 4.64. The van der Waals surface area contributed by atoms with E-state index in [1.54, 1.807) is 0 Å². The molecule has 4 atom stereocenters. The number of non-ortho nitro benzene ring substituents is 1. The van der Waals surface area contributed by atoms with Crippen molar-refractivity contribution in [2.75, 3.05) is 13.2 Å². The number of hydrogen-bond acceptors (Lipinski definition) is 8. The van der Waals surface area contributed by atoms with Gasteiger partial charge in [0.1, 0.15) is 30.7 Å². The van der Waals surface area contributed by atoms with Crippen LogP contribution in [-0.4, -0.2) is 62.7 Å². The van der Waals surface area contributed by atoms with Gasteiger partial charge in [-0.25, -0.2) is 0 Å². The lowest BCUT2D eigenvalue weighted by atomic mass is 9.97. The average Bonchev–Trinajstić information content (AvgIpc) is 2.49. The van der Waals surface area contributed by atoms with Gasteiger partial charge in [-0.15, -0.1) is 0 Å². The molecular formula is C12H15NO8. The Kier molecular flexibility index (Phi) is 4.40. The van der Waals surface area contributed by atoms with Crippen molar-refractivity contribution in [3.05, 3.63) is 34.4 Å². The lowest BCUT2D eigenvalue weighted by Gasteiger charge is -2.43. The van der Waals surface area contributed by atoms with Crippen LogP contribution in [0.5, 0.6) is 5.75 Å². The minimum atomic E-state index is -1.95. The summed E-state index contributed by atoms with van der Waals surface area (Å²) >= 11 is 0. The zero-order valence-electron chi connectivity index (χ0n) is 10.8. The van der Waals surface area contributed by atoms with Gasteiger partial charge in [0.05, 0.1) is 11.5 Å². The number of aliphatic hydroxyl groups is 4. The zero-order valence-corrected chi connectivity index (χ0v) is 10.8. The van der Waals surface area contributed by atoms with E-state index in [-0.39, 0.29) is 18.0 Å². The molecule has 1 fully saturated rings. The van der Waals surface area contributed by atoms with Crippen LogP contribution in [0.2, 0.25) is 0 Å². The van der Waals surface area contributed by atoms with E-state index in [2.05, 4.69) is 0 Å². The molecule has 1 aromatic rings. The Morgan fingerprint density at radius 1 is 1.33 bits per heavy atom. The molecule has 21 heavy (non-hydrogen) atoms. The Bertz CT molecular complexity index is 506. The van der Waals surface area contributed by atoms with Gasteiger partial charge in [0, 0.05) is 12.1 Å². The number of nitro groups is 1. The highest BCUT2D eigenvalue weighted by Crippen LogP contribution is 2.30.